The summed E-state index contributed by atoms with van der Waals surface area (Å²) in [4.78, 5) is 23.2. The Labute approximate surface area is 110 Å². The van der Waals surface area contributed by atoms with Crippen molar-refractivity contribution in [2.75, 3.05) is 0 Å². The Hall–Kier alpha value is -2.62. The summed E-state index contributed by atoms with van der Waals surface area (Å²) in [6, 6.07) is 11.0. The number of rotatable bonds is 3. The normalized spacial score (nSPS) is 10.2. The number of hydrogen-bond donors (Lipinski definition) is 2. The number of primary amides is 1. The molecule has 0 aromatic heterocycles. The Balaban J connectivity index is 2.39. The molecule has 1 amide bonds. The zero-order valence-electron chi connectivity index (χ0n) is 10.4. The fourth-order valence-corrected chi connectivity index (χ4v) is 1.78. The van der Waals surface area contributed by atoms with Crippen LogP contribution in [0, 0.1) is 6.92 Å². The van der Waals surface area contributed by atoms with Crippen molar-refractivity contribution in [1.29, 1.82) is 0 Å². The lowest BCUT2D eigenvalue weighted by Crippen LogP contribution is -2.11. The molecule has 2 aromatic rings. The van der Waals surface area contributed by atoms with Gasteiger partial charge in [-0.05, 0) is 30.7 Å². The minimum Gasteiger partial charge on any atom is -0.507 e. The van der Waals surface area contributed by atoms with Gasteiger partial charge >= 0.3 is 0 Å². The minimum absolute atomic E-state index is 0.0218. The molecule has 0 saturated heterocycles. The van der Waals surface area contributed by atoms with Gasteiger partial charge in [-0.3, -0.25) is 9.59 Å². The molecule has 0 radical (unpaired) electrons. The van der Waals surface area contributed by atoms with Crippen LogP contribution in [0.4, 0.5) is 0 Å². The maximum absolute atomic E-state index is 12.2. The summed E-state index contributed by atoms with van der Waals surface area (Å²) in [6.07, 6.45) is 0. The molecule has 0 saturated carbocycles. The van der Waals surface area contributed by atoms with Crippen molar-refractivity contribution < 1.29 is 14.7 Å². The standard InChI is InChI=1S/C15H13NO3/c1-9-3-2-4-12(13(9)17)14(18)10-5-7-11(8-6-10)15(16)19/h2-8,17H,1H3,(H2,16,19). The van der Waals surface area contributed by atoms with E-state index in [1.54, 1.807) is 25.1 Å². The van der Waals surface area contributed by atoms with Gasteiger partial charge in [0.25, 0.3) is 0 Å². The average molecular weight is 255 g/mol. The average Bonchev–Trinajstić information content (AvgIpc) is 2.41. The smallest absolute Gasteiger partial charge is 0.248 e. The van der Waals surface area contributed by atoms with Crippen LogP contribution in [0.25, 0.3) is 0 Å². The van der Waals surface area contributed by atoms with Crippen molar-refractivity contribution in [2.24, 2.45) is 5.73 Å². The number of phenols is 1. The van der Waals surface area contributed by atoms with Crippen molar-refractivity contribution >= 4 is 11.7 Å². The van der Waals surface area contributed by atoms with Gasteiger partial charge in [0.2, 0.25) is 5.91 Å². The zero-order chi connectivity index (χ0) is 14.0. The molecule has 4 heteroatoms. The second kappa shape index (κ2) is 4.94. The van der Waals surface area contributed by atoms with Crippen molar-refractivity contribution in [3.8, 4) is 5.75 Å². The molecule has 96 valence electrons. The summed E-state index contributed by atoms with van der Waals surface area (Å²) < 4.78 is 0. The number of phenolic OH excluding ortho intramolecular Hbond substituents is 1. The van der Waals surface area contributed by atoms with E-state index >= 15 is 0 Å². The van der Waals surface area contributed by atoms with Gasteiger partial charge in [0.05, 0.1) is 5.56 Å². The summed E-state index contributed by atoms with van der Waals surface area (Å²) in [5.41, 5.74) is 6.74. The highest BCUT2D eigenvalue weighted by molar-refractivity contribution is 6.11. The van der Waals surface area contributed by atoms with Crippen molar-refractivity contribution in [3.63, 3.8) is 0 Å². The minimum atomic E-state index is -0.544. The number of para-hydroxylation sites is 1. The number of carbonyl (C=O) groups is 2. The van der Waals surface area contributed by atoms with Gasteiger partial charge in [-0.1, -0.05) is 24.3 Å². The number of amides is 1. The first-order chi connectivity index (χ1) is 9.00. The lowest BCUT2D eigenvalue weighted by Gasteiger charge is -2.06. The van der Waals surface area contributed by atoms with Crippen LogP contribution in [0.5, 0.6) is 5.75 Å². The van der Waals surface area contributed by atoms with Crippen molar-refractivity contribution in [3.05, 3.63) is 64.7 Å². The van der Waals surface area contributed by atoms with Crippen LogP contribution in [-0.2, 0) is 0 Å². The molecule has 2 rings (SSSR count). The van der Waals surface area contributed by atoms with E-state index in [0.717, 1.165) is 0 Å². The fourth-order valence-electron chi connectivity index (χ4n) is 1.78. The highest BCUT2D eigenvalue weighted by atomic mass is 16.3. The molecule has 2 aromatic carbocycles. The van der Waals surface area contributed by atoms with Gasteiger partial charge in [0.1, 0.15) is 5.75 Å². The highest BCUT2D eigenvalue weighted by Gasteiger charge is 2.14. The van der Waals surface area contributed by atoms with Gasteiger partial charge in [0.15, 0.2) is 5.78 Å². The Morgan fingerprint density at radius 1 is 1.00 bits per heavy atom. The number of benzene rings is 2. The Kier molecular flexibility index (Phi) is 3.33. The lowest BCUT2D eigenvalue weighted by atomic mass is 9.99. The maximum Gasteiger partial charge on any atom is 0.248 e. The quantitative estimate of drug-likeness (QED) is 0.823. The molecular weight excluding hydrogens is 242 g/mol. The molecule has 0 unspecified atom stereocenters. The van der Waals surface area contributed by atoms with Gasteiger partial charge in [-0.15, -0.1) is 0 Å². The first kappa shape index (κ1) is 12.8. The highest BCUT2D eigenvalue weighted by Crippen LogP contribution is 2.24. The number of hydrogen-bond acceptors (Lipinski definition) is 3. The molecule has 0 heterocycles. The maximum atomic E-state index is 12.2. The van der Waals surface area contributed by atoms with E-state index in [2.05, 4.69) is 0 Å². The van der Waals surface area contributed by atoms with Gasteiger partial charge in [-0.2, -0.15) is 0 Å². The van der Waals surface area contributed by atoms with Crippen molar-refractivity contribution in [2.45, 2.75) is 6.92 Å². The zero-order valence-corrected chi connectivity index (χ0v) is 10.4. The second-order valence-electron chi connectivity index (χ2n) is 4.24. The van der Waals surface area contributed by atoms with Crippen molar-refractivity contribution in [1.82, 2.24) is 0 Å². The van der Waals surface area contributed by atoms with Crippen LogP contribution < -0.4 is 5.73 Å². The van der Waals surface area contributed by atoms with Crippen LogP contribution >= 0.6 is 0 Å². The number of ketones is 1. The van der Waals surface area contributed by atoms with Crippen LogP contribution in [-0.4, -0.2) is 16.8 Å². The first-order valence-electron chi connectivity index (χ1n) is 5.74. The van der Waals surface area contributed by atoms with Gasteiger partial charge in [-0.25, -0.2) is 0 Å². The number of carbonyl (C=O) groups excluding carboxylic acids is 2. The first-order valence-corrected chi connectivity index (χ1v) is 5.74. The largest absolute Gasteiger partial charge is 0.507 e. The molecule has 3 N–H and O–H groups in total. The fraction of sp³-hybridized carbons (Fsp3) is 0.0667. The van der Waals surface area contributed by atoms with E-state index < -0.39 is 5.91 Å². The predicted octanol–water partition coefficient (Wildman–Crippen LogP) is 2.03. The molecular formula is C15H13NO3. The third-order valence-electron chi connectivity index (χ3n) is 2.91. The van der Waals surface area contributed by atoms with Crippen LogP contribution in [0.3, 0.4) is 0 Å². The number of nitrogens with two attached hydrogens (primary N) is 1. The topological polar surface area (TPSA) is 80.4 Å². The van der Waals surface area contributed by atoms with E-state index in [1.165, 1.54) is 24.3 Å². The molecule has 0 bridgehead atoms. The molecule has 4 nitrogen and oxygen atoms in total. The molecule has 19 heavy (non-hydrogen) atoms. The second-order valence-corrected chi connectivity index (χ2v) is 4.24. The Bertz CT molecular complexity index is 645. The number of aromatic hydroxyl groups is 1. The third-order valence-corrected chi connectivity index (χ3v) is 2.91. The molecule has 0 fully saturated rings. The Morgan fingerprint density at radius 2 is 1.58 bits per heavy atom. The monoisotopic (exact) mass is 255 g/mol. The van der Waals surface area contributed by atoms with Gasteiger partial charge < -0.3 is 10.8 Å². The molecule has 0 aliphatic heterocycles. The molecule has 0 spiro atoms. The third kappa shape index (κ3) is 2.47. The summed E-state index contributed by atoms with van der Waals surface area (Å²) in [7, 11) is 0. The van der Waals surface area contributed by atoms with Gasteiger partial charge in [0, 0.05) is 11.1 Å². The van der Waals surface area contributed by atoms with Crippen LogP contribution in [0.2, 0.25) is 0 Å². The van der Waals surface area contributed by atoms with E-state index in [9.17, 15) is 14.7 Å². The molecule has 0 atom stereocenters. The van der Waals surface area contributed by atoms with E-state index in [1.807, 2.05) is 0 Å². The van der Waals surface area contributed by atoms with Crippen LogP contribution in [0.15, 0.2) is 42.5 Å². The SMILES string of the molecule is Cc1cccc(C(=O)c2ccc(C(N)=O)cc2)c1O. The van der Waals surface area contributed by atoms with E-state index in [-0.39, 0.29) is 17.1 Å². The summed E-state index contributed by atoms with van der Waals surface area (Å²) >= 11 is 0. The lowest BCUT2D eigenvalue weighted by molar-refractivity contribution is 0.0996. The van der Waals surface area contributed by atoms with E-state index in [4.69, 9.17) is 5.73 Å². The molecule has 0 aliphatic carbocycles. The molecule has 0 aliphatic rings. The van der Waals surface area contributed by atoms with E-state index in [0.29, 0.717) is 16.7 Å². The number of aryl methyl sites for hydroxylation is 1. The predicted molar refractivity (Wildman–Crippen MR) is 71.2 cm³/mol. The Morgan fingerprint density at radius 3 is 2.16 bits per heavy atom. The summed E-state index contributed by atoms with van der Waals surface area (Å²) in [5.74, 6) is -0.860. The summed E-state index contributed by atoms with van der Waals surface area (Å²) in [5, 5.41) is 9.88. The van der Waals surface area contributed by atoms with Crippen LogP contribution in [0.1, 0.15) is 31.8 Å². The summed E-state index contributed by atoms with van der Waals surface area (Å²) in [6.45, 7) is 1.72.